The molecular formula is C15H13Cl2NO. The second-order valence-electron chi connectivity index (χ2n) is 4.28. The van der Waals surface area contributed by atoms with Gasteiger partial charge in [0, 0.05) is 35.3 Å². The Balaban J connectivity index is 1.95. The van der Waals surface area contributed by atoms with E-state index in [2.05, 4.69) is 4.98 Å². The molecule has 0 bridgehead atoms. The van der Waals surface area contributed by atoms with Crippen molar-refractivity contribution in [1.82, 2.24) is 4.98 Å². The summed E-state index contributed by atoms with van der Waals surface area (Å²) in [5.41, 5.74) is 1.77. The molecule has 1 aromatic carbocycles. The van der Waals surface area contributed by atoms with Crippen molar-refractivity contribution in [3.8, 4) is 0 Å². The molecule has 0 fully saturated rings. The zero-order valence-electron chi connectivity index (χ0n) is 10.3. The van der Waals surface area contributed by atoms with Gasteiger partial charge in [0.1, 0.15) is 5.78 Å². The molecule has 0 spiro atoms. The molecule has 19 heavy (non-hydrogen) atoms. The van der Waals surface area contributed by atoms with E-state index in [1.807, 2.05) is 12.1 Å². The number of carbonyl (C=O) groups is 1. The molecule has 0 radical (unpaired) electrons. The van der Waals surface area contributed by atoms with Crippen LogP contribution in [-0.4, -0.2) is 10.8 Å². The van der Waals surface area contributed by atoms with Gasteiger partial charge in [-0.15, -0.1) is 0 Å². The monoisotopic (exact) mass is 293 g/mol. The second-order valence-corrected chi connectivity index (χ2v) is 5.09. The Labute approximate surface area is 122 Å². The number of rotatable bonds is 5. The average Bonchev–Trinajstić information content (AvgIpc) is 2.42. The number of benzene rings is 1. The lowest BCUT2D eigenvalue weighted by molar-refractivity contribution is -0.118. The van der Waals surface area contributed by atoms with Gasteiger partial charge in [0.05, 0.1) is 0 Å². The smallest absolute Gasteiger partial charge is 0.137 e. The van der Waals surface area contributed by atoms with Crippen molar-refractivity contribution < 1.29 is 4.79 Å². The molecule has 0 N–H and O–H groups in total. The normalized spacial score (nSPS) is 10.4. The minimum Gasteiger partial charge on any atom is -0.299 e. The zero-order valence-corrected chi connectivity index (χ0v) is 11.8. The van der Waals surface area contributed by atoms with Gasteiger partial charge in [-0.3, -0.25) is 9.78 Å². The first-order valence-corrected chi connectivity index (χ1v) is 6.76. The van der Waals surface area contributed by atoms with Crippen LogP contribution >= 0.6 is 23.2 Å². The van der Waals surface area contributed by atoms with Gasteiger partial charge in [-0.1, -0.05) is 35.3 Å². The molecule has 0 atom stereocenters. The third kappa shape index (κ3) is 4.05. The van der Waals surface area contributed by atoms with Crippen LogP contribution in [0.2, 0.25) is 10.0 Å². The van der Waals surface area contributed by atoms with Crippen LogP contribution < -0.4 is 0 Å². The van der Waals surface area contributed by atoms with E-state index in [1.165, 1.54) is 0 Å². The fraction of sp³-hybridized carbons (Fsp3) is 0.200. The number of nitrogens with zero attached hydrogens (tertiary/aromatic N) is 1. The highest BCUT2D eigenvalue weighted by atomic mass is 35.5. The summed E-state index contributed by atoms with van der Waals surface area (Å²) in [7, 11) is 0. The highest BCUT2D eigenvalue weighted by Crippen LogP contribution is 2.25. The van der Waals surface area contributed by atoms with E-state index >= 15 is 0 Å². The van der Waals surface area contributed by atoms with Crippen molar-refractivity contribution in [1.29, 1.82) is 0 Å². The quantitative estimate of drug-likeness (QED) is 0.829. The van der Waals surface area contributed by atoms with Crippen LogP contribution in [0.15, 0.2) is 42.7 Å². The SMILES string of the molecule is O=C(CCc1cccnc1)Cc1c(Cl)cccc1Cl. The molecule has 0 amide bonds. The maximum atomic E-state index is 12.0. The summed E-state index contributed by atoms with van der Waals surface area (Å²) in [6.45, 7) is 0. The molecule has 2 rings (SSSR count). The van der Waals surface area contributed by atoms with E-state index in [4.69, 9.17) is 23.2 Å². The number of aromatic nitrogens is 1. The standard InChI is InChI=1S/C15H13Cl2NO/c16-14-4-1-5-15(17)13(14)9-12(19)7-6-11-3-2-8-18-10-11/h1-5,8,10H,6-7,9H2. The van der Waals surface area contributed by atoms with Gasteiger partial charge in [0.2, 0.25) is 0 Å². The first-order valence-electron chi connectivity index (χ1n) is 6.00. The van der Waals surface area contributed by atoms with Crippen LogP contribution in [0, 0.1) is 0 Å². The first-order chi connectivity index (χ1) is 9.16. The molecule has 0 saturated carbocycles. The molecule has 0 saturated heterocycles. The van der Waals surface area contributed by atoms with Crippen molar-refractivity contribution in [3.05, 3.63) is 63.9 Å². The largest absolute Gasteiger partial charge is 0.299 e. The highest BCUT2D eigenvalue weighted by Gasteiger charge is 2.10. The Morgan fingerprint density at radius 2 is 1.84 bits per heavy atom. The number of Topliss-reactive ketones (excluding diaryl/α,β-unsaturated/α-hetero) is 1. The van der Waals surface area contributed by atoms with Crippen LogP contribution in [0.1, 0.15) is 17.5 Å². The van der Waals surface area contributed by atoms with Gasteiger partial charge < -0.3 is 0 Å². The number of carbonyl (C=O) groups excluding carboxylic acids is 1. The van der Waals surface area contributed by atoms with Crippen LogP contribution in [0.4, 0.5) is 0 Å². The number of ketones is 1. The lowest BCUT2D eigenvalue weighted by Crippen LogP contribution is -2.05. The topological polar surface area (TPSA) is 30.0 Å². The van der Waals surface area contributed by atoms with E-state index < -0.39 is 0 Å². The van der Waals surface area contributed by atoms with Gasteiger partial charge in [-0.2, -0.15) is 0 Å². The molecule has 2 aromatic rings. The lowest BCUT2D eigenvalue weighted by Gasteiger charge is -2.06. The van der Waals surface area contributed by atoms with Crippen LogP contribution in [0.5, 0.6) is 0 Å². The molecule has 98 valence electrons. The van der Waals surface area contributed by atoms with Crippen molar-refractivity contribution in [2.45, 2.75) is 19.3 Å². The number of aryl methyl sites for hydroxylation is 1. The van der Waals surface area contributed by atoms with E-state index in [9.17, 15) is 4.79 Å². The van der Waals surface area contributed by atoms with Crippen LogP contribution in [0.25, 0.3) is 0 Å². The minimum atomic E-state index is 0.124. The molecule has 1 aromatic heterocycles. The Morgan fingerprint density at radius 3 is 2.47 bits per heavy atom. The minimum absolute atomic E-state index is 0.124. The van der Waals surface area contributed by atoms with Gasteiger partial charge in [-0.25, -0.2) is 0 Å². The zero-order chi connectivity index (χ0) is 13.7. The Bertz CT molecular complexity index is 549. The molecule has 0 unspecified atom stereocenters. The van der Waals surface area contributed by atoms with E-state index in [1.54, 1.807) is 30.6 Å². The van der Waals surface area contributed by atoms with E-state index in [0.29, 0.717) is 28.5 Å². The summed E-state index contributed by atoms with van der Waals surface area (Å²) < 4.78 is 0. The van der Waals surface area contributed by atoms with Crippen LogP contribution in [0.3, 0.4) is 0 Å². The molecular weight excluding hydrogens is 281 g/mol. The number of pyridine rings is 1. The van der Waals surface area contributed by atoms with Gasteiger partial charge in [0.25, 0.3) is 0 Å². The molecule has 0 aliphatic carbocycles. The number of hydrogen-bond donors (Lipinski definition) is 0. The molecule has 0 aliphatic heterocycles. The molecule has 2 nitrogen and oxygen atoms in total. The van der Waals surface area contributed by atoms with Gasteiger partial charge in [0.15, 0.2) is 0 Å². The van der Waals surface area contributed by atoms with E-state index in [0.717, 1.165) is 5.56 Å². The third-order valence-electron chi connectivity index (χ3n) is 2.85. The van der Waals surface area contributed by atoms with Gasteiger partial charge >= 0.3 is 0 Å². The van der Waals surface area contributed by atoms with Crippen molar-refractivity contribution in [2.75, 3.05) is 0 Å². The third-order valence-corrected chi connectivity index (χ3v) is 3.56. The van der Waals surface area contributed by atoms with Gasteiger partial charge in [-0.05, 0) is 35.7 Å². The predicted octanol–water partition coefficient (Wildman–Crippen LogP) is 4.13. The van der Waals surface area contributed by atoms with Crippen LogP contribution in [-0.2, 0) is 17.6 Å². The van der Waals surface area contributed by atoms with Crippen molar-refractivity contribution >= 4 is 29.0 Å². The van der Waals surface area contributed by atoms with E-state index in [-0.39, 0.29) is 12.2 Å². The fourth-order valence-corrected chi connectivity index (χ4v) is 2.35. The number of hydrogen-bond acceptors (Lipinski definition) is 2. The lowest BCUT2D eigenvalue weighted by atomic mass is 10.0. The predicted molar refractivity (Wildman–Crippen MR) is 77.7 cm³/mol. The Kier molecular flexibility index (Phi) is 4.94. The van der Waals surface area contributed by atoms with Crippen molar-refractivity contribution in [2.24, 2.45) is 0 Å². The summed E-state index contributed by atoms with van der Waals surface area (Å²) >= 11 is 12.1. The highest BCUT2D eigenvalue weighted by molar-refractivity contribution is 6.36. The average molecular weight is 294 g/mol. The summed E-state index contributed by atoms with van der Waals surface area (Å²) in [4.78, 5) is 16.0. The first kappa shape index (κ1) is 14.0. The molecule has 0 aliphatic rings. The summed E-state index contributed by atoms with van der Waals surface area (Å²) in [5, 5.41) is 1.09. The molecule has 4 heteroatoms. The summed E-state index contributed by atoms with van der Waals surface area (Å²) in [6, 6.07) is 9.09. The fourth-order valence-electron chi connectivity index (χ4n) is 1.82. The maximum Gasteiger partial charge on any atom is 0.137 e. The number of halogens is 2. The molecule has 1 heterocycles. The van der Waals surface area contributed by atoms with Crippen molar-refractivity contribution in [3.63, 3.8) is 0 Å². The Hall–Kier alpha value is -1.38. The maximum absolute atomic E-state index is 12.0. The Morgan fingerprint density at radius 1 is 1.11 bits per heavy atom. The summed E-state index contributed by atoms with van der Waals surface area (Å²) in [5.74, 6) is 0.124. The summed E-state index contributed by atoms with van der Waals surface area (Å²) in [6.07, 6.45) is 4.92. The second kappa shape index (κ2) is 6.69.